The van der Waals surface area contributed by atoms with Crippen LogP contribution >= 0.6 is 0 Å². The van der Waals surface area contributed by atoms with Crippen molar-refractivity contribution >= 4 is 0 Å². The number of rotatable bonds is 0. The Morgan fingerprint density at radius 1 is 1.50 bits per heavy atom. The van der Waals surface area contributed by atoms with Crippen LogP contribution < -0.4 is 0 Å². The summed E-state index contributed by atoms with van der Waals surface area (Å²) in [5, 5.41) is 0. The number of hydrogen-bond donors (Lipinski definition) is 0. The summed E-state index contributed by atoms with van der Waals surface area (Å²) in [4.78, 5) is 1.88. The molecule has 0 saturated carbocycles. The minimum atomic E-state index is 0. The molecule has 10 heavy (non-hydrogen) atoms. The summed E-state index contributed by atoms with van der Waals surface area (Å²) >= 11 is 0. The molecule has 0 aliphatic carbocycles. The molecule has 1 heterocycles. The quantitative estimate of drug-likeness (QED) is 0.549. The molecular formula is C8H10NY-. The first-order valence-corrected chi connectivity index (χ1v) is 2.91. The van der Waals surface area contributed by atoms with Gasteiger partial charge < -0.3 is 4.90 Å². The van der Waals surface area contributed by atoms with E-state index >= 15 is 0 Å². The van der Waals surface area contributed by atoms with Gasteiger partial charge in [0.1, 0.15) is 0 Å². The molecule has 0 aromatic rings. The Bertz CT molecular complexity index is 191. The third kappa shape index (κ3) is 2.39. The van der Waals surface area contributed by atoms with Crippen LogP contribution in [-0.4, -0.2) is 11.9 Å². The van der Waals surface area contributed by atoms with E-state index < -0.39 is 0 Å². The zero-order valence-corrected chi connectivity index (χ0v) is 9.22. The van der Waals surface area contributed by atoms with E-state index in [-0.39, 0.29) is 32.7 Å². The van der Waals surface area contributed by atoms with Crippen LogP contribution in [0.1, 0.15) is 6.92 Å². The number of nitrogens with zero attached hydrogens (tertiary/aromatic N) is 1. The number of allylic oxidation sites excluding steroid dienone is 3. The van der Waals surface area contributed by atoms with Gasteiger partial charge in [-0.3, -0.25) is 0 Å². The summed E-state index contributed by atoms with van der Waals surface area (Å²) in [6, 6.07) is 0. The molecule has 0 spiro atoms. The van der Waals surface area contributed by atoms with Crippen LogP contribution in [0.4, 0.5) is 0 Å². The Balaban J connectivity index is 0.000000810. The molecule has 51 valence electrons. The molecule has 0 unspecified atom stereocenters. The van der Waals surface area contributed by atoms with E-state index in [0.717, 1.165) is 11.3 Å². The molecular weight excluding hydrogens is 199 g/mol. The maximum atomic E-state index is 3.79. The van der Waals surface area contributed by atoms with Crippen LogP contribution in [0.5, 0.6) is 0 Å². The summed E-state index contributed by atoms with van der Waals surface area (Å²) in [7, 11) is 1.94. The van der Waals surface area contributed by atoms with Crippen LogP contribution in [0.25, 0.3) is 0 Å². The van der Waals surface area contributed by atoms with Crippen molar-refractivity contribution in [2.24, 2.45) is 0 Å². The predicted molar refractivity (Wildman–Crippen MR) is 38.5 cm³/mol. The van der Waals surface area contributed by atoms with Crippen molar-refractivity contribution in [1.29, 1.82) is 0 Å². The Hall–Kier alpha value is 0.124. The minimum absolute atomic E-state index is 0. The van der Waals surface area contributed by atoms with Gasteiger partial charge >= 0.3 is 0 Å². The van der Waals surface area contributed by atoms with Gasteiger partial charge in [0.15, 0.2) is 0 Å². The van der Waals surface area contributed by atoms with E-state index in [2.05, 4.69) is 12.8 Å². The third-order valence-corrected chi connectivity index (χ3v) is 1.30. The van der Waals surface area contributed by atoms with Crippen molar-refractivity contribution in [2.45, 2.75) is 6.92 Å². The third-order valence-electron chi connectivity index (χ3n) is 1.30. The van der Waals surface area contributed by atoms with E-state index in [1.54, 1.807) is 0 Å². The summed E-state index contributed by atoms with van der Waals surface area (Å²) in [6.45, 7) is 5.81. The van der Waals surface area contributed by atoms with Gasteiger partial charge in [0.05, 0.1) is 0 Å². The van der Waals surface area contributed by atoms with Crippen LogP contribution in [0.2, 0.25) is 0 Å². The standard InChI is InChI=1S/C8H10N.Y/c1-7-4-5-8(2)9(3)6-7;/h4-5H,2H2,1,3H3;/q-1;. The maximum Gasteiger partial charge on any atom is 0 e. The average Bonchev–Trinajstić information content (AvgIpc) is 1.80. The second kappa shape index (κ2) is 4.10. The zero-order chi connectivity index (χ0) is 6.85. The first kappa shape index (κ1) is 10.1. The van der Waals surface area contributed by atoms with Crippen molar-refractivity contribution in [1.82, 2.24) is 4.90 Å². The zero-order valence-electron chi connectivity index (χ0n) is 6.39. The van der Waals surface area contributed by atoms with Crippen LogP contribution in [0.3, 0.4) is 0 Å². The van der Waals surface area contributed by atoms with Crippen LogP contribution in [0, 0.1) is 6.20 Å². The molecule has 0 atom stereocenters. The van der Waals surface area contributed by atoms with E-state index in [0.29, 0.717) is 0 Å². The largest absolute Gasteiger partial charge is 0.458 e. The molecule has 0 saturated heterocycles. The SMILES string of the molecule is C=C1C=CC(C)=[C-]N1C.[Y]. The minimum Gasteiger partial charge on any atom is -0.458 e. The fourth-order valence-corrected chi connectivity index (χ4v) is 0.707. The van der Waals surface area contributed by atoms with Crippen molar-refractivity contribution in [3.63, 3.8) is 0 Å². The van der Waals surface area contributed by atoms with Crippen molar-refractivity contribution in [3.8, 4) is 0 Å². The molecule has 0 fully saturated rings. The molecule has 0 bridgehead atoms. The van der Waals surface area contributed by atoms with Gasteiger partial charge in [-0.15, -0.1) is 24.4 Å². The second-order valence-corrected chi connectivity index (χ2v) is 2.18. The molecule has 0 aromatic carbocycles. The van der Waals surface area contributed by atoms with Crippen molar-refractivity contribution < 1.29 is 32.7 Å². The van der Waals surface area contributed by atoms with Gasteiger partial charge in [0.25, 0.3) is 0 Å². The van der Waals surface area contributed by atoms with E-state index in [1.807, 2.05) is 31.0 Å². The summed E-state index contributed by atoms with van der Waals surface area (Å²) < 4.78 is 0. The summed E-state index contributed by atoms with van der Waals surface area (Å²) in [6.07, 6.45) is 7.07. The Morgan fingerprint density at radius 3 is 2.50 bits per heavy atom. The van der Waals surface area contributed by atoms with Gasteiger partial charge in [0.2, 0.25) is 0 Å². The van der Waals surface area contributed by atoms with E-state index in [4.69, 9.17) is 0 Å². The Morgan fingerprint density at radius 2 is 2.10 bits per heavy atom. The van der Waals surface area contributed by atoms with Gasteiger partial charge in [-0.25, -0.2) is 0 Å². The molecule has 2 heteroatoms. The predicted octanol–water partition coefficient (Wildman–Crippen LogP) is 1.71. The topological polar surface area (TPSA) is 3.24 Å². The molecule has 0 N–H and O–H groups in total. The molecule has 1 nitrogen and oxygen atoms in total. The van der Waals surface area contributed by atoms with E-state index in [1.165, 1.54) is 0 Å². The van der Waals surface area contributed by atoms with Crippen LogP contribution in [0.15, 0.2) is 30.0 Å². The first-order chi connectivity index (χ1) is 4.20. The summed E-state index contributed by atoms with van der Waals surface area (Å²) in [5.41, 5.74) is 2.13. The molecule has 1 aliphatic rings. The fourth-order valence-electron chi connectivity index (χ4n) is 0.707. The van der Waals surface area contributed by atoms with Crippen molar-refractivity contribution in [2.75, 3.05) is 7.05 Å². The first-order valence-electron chi connectivity index (χ1n) is 2.91. The smallest absolute Gasteiger partial charge is 0 e. The van der Waals surface area contributed by atoms with Gasteiger partial charge in [-0.2, -0.15) is 6.08 Å². The van der Waals surface area contributed by atoms with Crippen LogP contribution in [-0.2, 0) is 32.7 Å². The number of likely N-dealkylation sites (N-methyl/N-ethyl adjacent to an activating group) is 1. The second-order valence-electron chi connectivity index (χ2n) is 2.18. The molecule has 0 aromatic heterocycles. The maximum absolute atomic E-state index is 3.79. The van der Waals surface area contributed by atoms with E-state index in [9.17, 15) is 0 Å². The fraction of sp³-hybridized carbons (Fsp3) is 0.250. The molecule has 1 radical (unpaired) electrons. The van der Waals surface area contributed by atoms with Gasteiger partial charge in [-0.05, 0) is 7.05 Å². The summed E-state index contributed by atoms with van der Waals surface area (Å²) in [5.74, 6) is 0. The average molecular weight is 209 g/mol. The Labute approximate surface area is 87.4 Å². The molecule has 0 amide bonds. The molecule has 1 aliphatic heterocycles. The van der Waals surface area contributed by atoms with Gasteiger partial charge in [0, 0.05) is 32.7 Å². The Kier molecular flexibility index (Phi) is 4.15. The van der Waals surface area contributed by atoms with Crippen molar-refractivity contribution in [3.05, 3.63) is 36.2 Å². The molecule has 1 rings (SSSR count). The van der Waals surface area contributed by atoms with Gasteiger partial charge in [-0.1, -0.05) is 12.6 Å². The normalized spacial score (nSPS) is 16.4. The number of hydrogen-bond acceptors (Lipinski definition) is 1. The monoisotopic (exact) mass is 209 g/mol.